The van der Waals surface area contributed by atoms with Crippen LogP contribution in [0.5, 0.6) is 0 Å². The molecule has 0 N–H and O–H groups in total. The van der Waals surface area contributed by atoms with Gasteiger partial charge in [0.15, 0.2) is 0 Å². The lowest BCUT2D eigenvalue weighted by atomic mass is 9.78. The first-order valence-corrected chi connectivity index (χ1v) is 6.84. The highest BCUT2D eigenvalue weighted by atomic mass is 35.5. The van der Waals surface area contributed by atoms with E-state index in [1.807, 2.05) is 6.07 Å². The fourth-order valence-corrected chi connectivity index (χ4v) is 2.90. The predicted molar refractivity (Wildman–Crippen MR) is 73.5 cm³/mol. The Morgan fingerprint density at radius 1 is 1.06 bits per heavy atom. The summed E-state index contributed by atoms with van der Waals surface area (Å²) in [6, 6.07) is 10.5. The summed E-state index contributed by atoms with van der Waals surface area (Å²) >= 11 is 12.3. The molecule has 0 amide bonds. The van der Waals surface area contributed by atoms with Gasteiger partial charge in [-0.2, -0.15) is 0 Å². The van der Waals surface area contributed by atoms with Crippen molar-refractivity contribution in [1.82, 2.24) is 0 Å². The van der Waals surface area contributed by atoms with Gasteiger partial charge in [0.2, 0.25) is 0 Å². The van der Waals surface area contributed by atoms with Crippen LogP contribution < -0.4 is 0 Å². The lowest BCUT2D eigenvalue weighted by molar-refractivity contribution is 0.295. The molecule has 1 aromatic carbocycles. The van der Waals surface area contributed by atoms with Crippen molar-refractivity contribution in [1.29, 1.82) is 0 Å². The smallest absolute Gasteiger partial charge is 0.0294 e. The van der Waals surface area contributed by atoms with Gasteiger partial charge in [-0.25, -0.2) is 0 Å². The van der Waals surface area contributed by atoms with Crippen molar-refractivity contribution < 1.29 is 0 Å². The molecule has 1 aromatic rings. The third-order valence-electron chi connectivity index (χ3n) is 2.83. The molecule has 0 unspecified atom stereocenters. The minimum Gasteiger partial charge on any atom is -0.126 e. The Balaban J connectivity index is 2.78. The Morgan fingerprint density at radius 3 is 2.06 bits per heavy atom. The van der Waals surface area contributed by atoms with Gasteiger partial charge >= 0.3 is 0 Å². The Morgan fingerprint density at radius 2 is 1.62 bits per heavy atom. The molecule has 0 spiro atoms. The maximum Gasteiger partial charge on any atom is 0.0294 e. The van der Waals surface area contributed by atoms with Crippen molar-refractivity contribution >= 4 is 23.2 Å². The maximum absolute atomic E-state index is 6.13. The second-order valence-corrected chi connectivity index (χ2v) is 5.56. The molecule has 0 aliphatic carbocycles. The van der Waals surface area contributed by atoms with Gasteiger partial charge in [0, 0.05) is 17.2 Å². The van der Waals surface area contributed by atoms with E-state index in [2.05, 4.69) is 38.1 Å². The molecule has 0 nitrogen and oxygen atoms in total. The summed E-state index contributed by atoms with van der Waals surface area (Å²) in [5, 5.41) is 0. The first-order chi connectivity index (χ1) is 7.62. The molecule has 1 rings (SSSR count). The normalized spacial score (nSPS) is 12.1. The molecule has 0 fully saturated rings. The lowest BCUT2D eigenvalue weighted by Gasteiger charge is -2.31. The van der Waals surface area contributed by atoms with E-state index in [0.717, 1.165) is 12.8 Å². The summed E-state index contributed by atoms with van der Waals surface area (Å²) in [7, 11) is 0. The van der Waals surface area contributed by atoms with E-state index in [1.54, 1.807) is 0 Å². The number of hydrogen-bond donors (Lipinski definition) is 0. The Labute approximate surface area is 109 Å². The summed E-state index contributed by atoms with van der Waals surface area (Å²) in [5.41, 5.74) is 1.36. The van der Waals surface area contributed by atoms with Crippen LogP contribution >= 0.6 is 23.2 Å². The predicted octanol–water partition coefficient (Wildman–Crippen LogP) is 4.74. The Hall–Kier alpha value is -0.200. The molecule has 0 radical (unpaired) electrons. The van der Waals surface area contributed by atoms with Crippen molar-refractivity contribution in [3.8, 4) is 0 Å². The SMILES string of the molecule is CC(C)CC(CCl)(CCl)Cc1ccccc1. The van der Waals surface area contributed by atoms with Crippen molar-refractivity contribution in [2.75, 3.05) is 11.8 Å². The Kier molecular flexibility index (Phi) is 5.64. The zero-order chi connectivity index (χ0) is 12.0. The summed E-state index contributed by atoms with van der Waals surface area (Å²) < 4.78 is 0. The van der Waals surface area contributed by atoms with Crippen molar-refractivity contribution in [2.45, 2.75) is 26.7 Å². The quantitative estimate of drug-likeness (QED) is 0.647. The van der Waals surface area contributed by atoms with Crippen molar-refractivity contribution in [3.05, 3.63) is 35.9 Å². The number of halogens is 2. The average molecular weight is 259 g/mol. The molecule has 2 heteroatoms. The molecule has 0 atom stereocenters. The molecule has 0 aromatic heterocycles. The molecule has 0 saturated carbocycles. The maximum atomic E-state index is 6.13. The lowest BCUT2D eigenvalue weighted by Crippen LogP contribution is -2.30. The third kappa shape index (κ3) is 3.99. The van der Waals surface area contributed by atoms with E-state index >= 15 is 0 Å². The van der Waals surface area contributed by atoms with Gasteiger partial charge in [0.25, 0.3) is 0 Å². The zero-order valence-corrected chi connectivity index (χ0v) is 11.6. The molecule has 0 aliphatic heterocycles. The number of alkyl halides is 2. The van der Waals surface area contributed by atoms with Crippen LogP contribution in [0, 0.1) is 11.3 Å². The van der Waals surface area contributed by atoms with Crippen LogP contribution in [0.4, 0.5) is 0 Å². The van der Waals surface area contributed by atoms with Gasteiger partial charge in [-0.05, 0) is 24.3 Å². The average Bonchev–Trinajstić information content (AvgIpc) is 2.29. The minimum atomic E-state index is 0.0403. The van der Waals surface area contributed by atoms with Crippen LogP contribution in [0.15, 0.2) is 30.3 Å². The van der Waals surface area contributed by atoms with Gasteiger partial charge in [0.1, 0.15) is 0 Å². The highest BCUT2D eigenvalue weighted by Crippen LogP contribution is 2.33. The second-order valence-electron chi connectivity index (χ2n) is 5.03. The number of rotatable bonds is 6. The highest BCUT2D eigenvalue weighted by Gasteiger charge is 2.29. The van der Waals surface area contributed by atoms with Gasteiger partial charge in [-0.3, -0.25) is 0 Å². The van der Waals surface area contributed by atoms with E-state index < -0.39 is 0 Å². The largest absolute Gasteiger partial charge is 0.126 e. The van der Waals surface area contributed by atoms with Gasteiger partial charge in [0.05, 0.1) is 0 Å². The topological polar surface area (TPSA) is 0 Å². The summed E-state index contributed by atoms with van der Waals surface area (Å²) in [4.78, 5) is 0. The van der Waals surface area contributed by atoms with E-state index in [1.165, 1.54) is 5.56 Å². The molecule has 90 valence electrons. The van der Waals surface area contributed by atoms with Crippen LogP contribution in [-0.2, 0) is 6.42 Å². The van der Waals surface area contributed by atoms with Gasteiger partial charge in [-0.15, -0.1) is 23.2 Å². The molecule has 0 saturated heterocycles. The Bertz CT molecular complexity index is 289. The summed E-state index contributed by atoms with van der Waals surface area (Å²) in [6.45, 7) is 4.44. The van der Waals surface area contributed by atoms with E-state index in [9.17, 15) is 0 Å². The van der Waals surface area contributed by atoms with Crippen LogP contribution in [0.3, 0.4) is 0 Å². The van der Waals surface area contributed by atoms with Gasteiger partial charge < -0.3 is 0 Å². The standard InChI is InChI=1S/C14H20Cl2/c1-12(2)8-14(10-15,11-16)9-13-6-4-3-5-7-13/h3-7,12H,8-11H2,1-2H3. The van der Waals surface area contributed by atoms with Crippen LogP contribution in [0.1, 0.15) is 25.8 Å². The van der Waals surface area contributed by atoms with Crippen molar-refractivity contribution in [2.24, 2.45) is 11.3 Å². The fraction of sp³-hybridized carbons (Fsp3) is 0.571. The van der Waals surface area contributed by atoms with Crippen molar-refractivity contribution in [3.63, 3.8) is 0 Å². The number of benzene rings is 1. The molecular weight excluding hydrogens is 239 g/mol. The van der Waals surface area contributed by atoms with E-state index in [0.29, 0.717) is 17.7 Å². The molecule has 0 bridgehead atoms. The summed E-state index contributed by atoms with van der Waals surface area (Å²) in [5.74, 6) is 1.88. The van der Waals surface area contributed by atoms with Crippen LogP contribution in [0.25, 0.3) is 0 Å². The minimum absolute atomic E-state index is 0.0403. The molecule has 0 aliphatic rings. The van der Waals surface area contributed by atoms with Gasteiger partial charge in [-0.1, -0.05) is 44.2 Å². The molecule has 0 heterocycles. The van der Waals surface area contributed by atoms with E-state index in [4.69, 9.17) is 23.2 Å². The fourth-order valence-electron chi connectivity index (χ4n) is 2.21. The van der Waals surface area contributed by atoms with E-state index in [-0.39, 0.29) is 5.41 Å². The van der Waals surface area contributed by atoms with Crippen LogP contribution in [-0.4, -0.2) is 11.8 Å². The first kappa shape index (κ1) is 13.9. The molecule has 16 heavy (non-hydrogen) atoms. The second kappa shape index (κ2) is 6.51. The summed E-state index contributed by atoms with van der Waals surface area (Å²) in [6.07, 6.45) is 2.05. The molecular formula is C14H20Cl2. The third-order valence-corrected chi connectivity index (χ3v) is 3.96. The monoisotopic (exact) mass is 258 g/mol. The zero-order valence-electron chi connectivity index (χ0n) is 10.0. The first-order valence-electron chi connectivity index (χ1n) is 5.78. The number of hydrogen-bond acceptors (Lipinski definition) is 0. The highest BCUT2D eigenvalue weighted by molar-refractivity contribution is 6.21. The van der Waals surface area contributed by atoms with Crippen LogP contribution in [0.2, 0.25) is 0 Å².